The van der Waals surface area contributed by atoms with Crippen molar-refractivity contribution in [3.05, 3.63) is 94.0 Å². The number of sulfone groups is 1. The number of aryl methyl sites for hydroxylation is 1. The van der Waals surface area contributed by atoms with Gasteiger partial charge in [0.2, 0.25) is 0 Å². The molecule has 0 aliphatic carbocycles. The maximum absolute atomic E-state index is 13.0. The lowest BCUT2D eigenvalue weighted by Gasteiger charge is -2.18. The Kier molecular flexibility index (Phi) is 6.53. The van der Waals surface area contributed by atoms with Crippen LogP contribution in [0.25, 0.3) is 0 Å². The monoisotopic (exact) mass is 436 g/mol. The van der Waals surface area contributed by atoms with Crippen molar-refractivity contribution < 1.29 is 8.42 Å². The summed E-state index contributed by atoms with van der Waals surface area (Å²) >= 11 is 13.5. The molecule has 0 heterocycles. The molecule has 0 saturated heterocycles. The second-order valence-corrected chi connectivity index (χ2v) is 10.3. The van der Waals surface area contributed by atoms with Gasteiger partial charge in [-0.15, -0.1) is 11.8 Å². The van der Waals surface area contributed by atoms with Crippen molar-refractivity contribution in [2.24, 2.45) is 0 Å². The first-order valence-electron chi connectivity index (χ1n) is 8.31. The lowest BCUT2D eigenvalue weighted by atomic mass is 10.2. The molecule has 0 N–H and O–H groups in total. The minimum absolute atomic E-state index is 0.0342. The summed E-state index contributed by atoms with van der Waals surface area (Å²) in [5.41, 5.74) is 2.13. The Labute approximate surface area is 174 Å². The Balaban J connectivity index is 1.92. The number of benzene rings is 3. The minimum atomic E-state index is -3.54. The van der Waals surface area contributed by atoms with Crippen LogP contribution in [0.2, 0.25) is 10.0 Å². The second kappa shape index (κ2) is 8.70. The summed E-state index contributed by atoms with van der Waals surface area (Å²) in [6, 6.07) is 22.2. The maximum Gasteiger partial charge on any atom is 0.179 e. The zero-order valence-electron chi connectivity index (χ0n) is 14.6. The van der Waals surface area contributed by atoms with E-state index >= 15 is 0 Å². The second-order valence-electron chi connectivity index (χ2n) is 6.19. The van der Waals surface area contributed by atoms with E-state index in [1.165, 1.54) is 23.8 Å². The average molecular weight is 437 g/mol. The number of thioether (sulfide) groups is 1. The summed E-state index contributed by atoms with van der Waals surface area (Å²) < 4.78 is 26.0. The first-order valence-corrected chi connectivity index (χ1v) is 11.6. The van der Waals surface area contributed by atoms with E-state index in [9.17, 15) is 8.42 Å². The highest BCUT2D eigenvalue weighted by molar-refractivity contribution is 8.01. The summed E-state index contributed by atoms with van der Waals surface area (Å²) in [4.78, 5) is 1.21. The van der Waals surface area contributed by atoms with Crippen molar-refractivity contribution in [1.82, 2.24) is 0 Å². The summed E-state index contributed by atoms with van der Waals surface area (Å²) in [5, 5.41) is 0.331. The van der Waals surface area contributed by atoms with E-state index < -0.39 is 9.84 Å². The summed E-state index contributed by atoms with van der Waals surface area (Å²) in [7, 11) is -3.54. The van der Waals surface area contributed by atoms with Crippen LogP contribution in [0.1, 0.15) is 16.4 Å². The third-order valence-corrected chi connectivity index (χ3v) is 8.05. The molecule has 3 rings (SSSR count). The van der Waals surface area contributed by atoms with E-state index in [2.05, 4.69) is 0 Å². The highest BCUT2D eigenvalue weighted by Crippen LogP contribution is 2.38. The molecular formula is C21H18Cl2O2S2. The standard InChI is InChI=1S/C21H18Cl2O2S2/c1-15-7-9-17(10-8-15)26-21(16-5-3-2-4-6-16)14-27(24,25)18-11-12-19(22)20(23)13-18/h2-13,21H,14H2,1H3/t21-/m1/s1. The van der Waals surface area contributed by atoms with Gasteiger partial charge >= 0.3 is 0 Å². The molecule has 0 aliphatic rings. The average Bonchev–Trinajstić information content (AvgIpc) is 2.65. The van der Waals surface area contributed by atoms with Gasteiger partial charge in [0.1, 0.15) is 0 Å². The quantitative estimate of drug-likeness (QED) is 0.407. The molecule has 0 spiro atoms. The van der Waals surface area contributed by atoms with Gasteiger partial charge in [0.05, 0.1) is 20.7 Å². The van der Waals surface area contributed by atoms with E-state index in [1.54, 1.807) is 11.8 Å². The zero-order valence-corrected chi connectivity index (χ0v) is 17.7. The molecule has 0 unspecified atom stereocenters. The van der Waals surface area contributed by atoms with Gasteiger partial charge in [-0.2, -0.15) is 0 Å². The van der Waals surface area contributed by atoms with E-state index in [0.29, 0.717) is 5.02 Å². The molecule has 1 atom stereocenters. The van der Waals surface area contributed by atoms with Crippen LogP contribution >= 0.6 is 35.0 Å². The van der Waals surface area contributed by atoms with Crippen molar-refractivity contribution in [1.29, 1.82) is 0 Å². The van der Waals surface area contributed by atoms with Crippen LogP contribution in [-0.2, 0) is 9.84 Å². The van der Waals surface area contributed by atoms with Gasteiger partial charge in [-0.3, -0.25) is 0 Å². The predicted molar refractivity (Wildman–Crippen MR) is 115 cm³/mol. The number of halogens is 2. The largest absolute Gasteiger partial charge is 0.224 e. The van der Waals surface area contributed by atoms with Crippen LogP contribution in [0.5, 0.6) is 0 Å². The fourth-order valence-corrected chi connectivity index (χ4v) is 6.06. The Morgan fingerprint density at radius 3 is 2.19 bits per heavy atom. The number of hydrogen-bond donors (Lipinski definition) is 0. The number of rotatable bonds is 6. The van der Waals surface area contributed by atoms with Crippen LogP contribution in [0.4, 0.5) is 0 Å². The highest BCUT2D eigenvalue weighted by atomic mass is 35.5. The van der Waals surface area contributed by atoms with E-state index in [1.807, 2.05) is 61.5 Å². The van der Waals surface area contributed by atoms with Gasteiger partial charge < -0.3 is 0 Å². The molecule has 27 heavy (non-hydrogen) atoms. The normalized spacial score (nSPS) is 12.7. The van der Waals surface area contributed by atoms with E-state index in [4.69, 9.17) is 23.2 Å². The molecule has 0 radical (unpaired) electrons. The van der Waals surface area contributed by atoms with Crippen LogP contribution in [-0.4, -0.2) is 14.2 Å². The van der Waals surface area contributed by atoms with Gasteiger partial charge in [-0.1, -0.05) is 71.2 Å². The topological polar surface area (TPSA) is 34.1 Å². The number of hydrogen-bond acceptors (Lipinski definition) is 3. The Morgan fingerprint density at radius 2 is 1.56 bits per heavy atom. The first-order chi connectivity index (χ1) is 12.8. The van der Waals surface area contributed by atoms with Crippen LogP contribution < -0.4 is 0 Å². The lowest BCUT2D eigenvalue weighted by molar-refractivity contribution is 0.595. The Hall–Kier alpha value is -1.46. The van der Waals surface area contributed by atoms with E-state index in [-0.39, 0.29) is 20.9 Å². The van der Waals surface area contributed by atoms with Gasteiger partial charge in [-0.05, 0) is 42.8 Å². The predicted octanol–water partition coefficient (Wildman–Crippen LogP) is 6.61. The first kappa shape index (κ1) is 20.3. The summed E-state index contributed by atoms with van der Waals surface area (Å²) in [6.07, 6.45) is 0. The van der Waals surface area contributed by atoms with Crippen molar-refractivity contribution in [3.8, 4) is 0 Å². The van der Waals surface area contributed by atoms with Gasteiger partial charge in [0.25, 0.3) is 0 Å². The molecule has 0 amide bonds. The molecule has 140 valence electrons. The molecule has 3 aromatic rings. The summed E-state index contributed by atoms with van der Waals surface area (Å²) in [5.74, 6) is -0.0342. The molecular weight excluding hydrogens is 419 g/mol. The van der Waals surface area contributed by atoms with Gasteiger partial charge in [0.15, 0.2) is 9.84 Å². The fourth-order valence-electron chi connectivity index (χ4n) is 2.61. The molecule has 0 aliphatic heterocycles. The smallest absolute Gasteiger partial charge is 0.179 e. The molecule has 0 aromatic heterocycles. The third-order valence-electron chi connectivity index (χ3n) is 4.09. The van der Waals surface area contributed by atoms with Crippen molar-refractivity contribution in [2.75, 3.05) is 5.75 Å². The molecule has 0 saturated carbocycles. The highest BCUT2D eigenvalue weighted by Gasteiger charge is 2.24. The zero-order chi connectivity index (χ0) is 19.4. The Bertz CT molecular complexity index is 1020. The maximum atomic E-state index is 13.0. The SMILES string of the molecule is Cc1ccc(S[C@H](CS(=O)(=O)c2ccc(Cl)c(Cl)c2)c2ccccc2)cc1. The molecule has 6 heteroatoms. The van der Waals surface area contributed by atoms with Gasteiger partial charge in [-0.25, -0.2) is 8.42 Å². The molecule has 0 bridgehead atoms. The molecule has 0 fully saturated rings. The fraction of sp³-hybridized carbons (Fsp3) is 0.143. The van der Waals surface area contributed by atoms with Crippen molar-refractivity contribution in [3.63, 3.8) is 0 Å². The molecule has 3 aromatic carbocycles. The van der Waals surface area contributed by atoms with Crippen LogP contribution in [0.3, 0.4) is 0 Å². The van der Waals surface area contributed by atoms with Crippen molar-refractivity contribution in [2.45, 2.75) is 22.0 Å². The van der Waals surface area contributed by atoms with E-state index in [0.717, 1.165) is 10.5 Å². The third kappa shape index (κ3) is 5.29. The lowest BCUT2D eigenvalue weighted by Crippen LogP contribution is -2.13. The molecule has 2 nitrogen and oxygen atoms in total. The minimum Gasteiger partial charge on any atom is -0.224 e. The van der Waals surface area contributed by atoms with Crippen LogP contribution in [0, 0.1) is 6.92 Å². The summed E-state index contributed by atoms with van der Waals surface area (Å²) in [6.45, 7) is 2.03. The van der Waals surface area contributed by atoms with Crippen molar-refractivity contribution >= 4 is 44.8 Å². The Morgan fingerprint density at radius 1 is 0.889 bits per heavy atom. The van der Waals surface area contributed by atoms with Gasteiger partial charge in [0, 0.05) is 10.1 Å². The van der Waals surface area contributed by atoms with Crippen LogP contribution in [0.15, 0.2) is 82.6 Å².